The lowest BCUT2D eigenvalue weighted by molar-refractivity contribution is 0.0754. The van der Waals surface area contributed by atoms with Crippen LogP contribution in [-0.4, -0.2) is 37.1 Å². The predicted octanol–water partition coefficient (Wildman–Crippen LogP) is 3.50. The normalized spacial score (nSPS) is 15.3. The van der Waals surface area contributed by atoms with E-state index in [0.717, 1.165) is 18.6 Å². The molecule has 1 amide bonds. The van der Waals surface area contributed by atoms with Gasteiger partial charge in [0.1, 0.15) is 0 Å². The first-order chi connectivity index (χ1) is 10.0. The first-order valence-corrected chi connectivity index (χ1v) is 7.64. The zero-order valence-corrected chi connectivity index (χ0v) is 13.4. The summed E-state index contributed by atoms with van der Waals surface area (Å²) in [7, 11) is 3.42. The Labute approximate surface area is 127 Å². The maximum Gasteiger partial charge on any atom is 0.253 e. The molecule has 0 radical (unpaired) electrons. The standard InChI is InChI=1S/C17H25NO3/c1-12(2)18(3)17(19)13-9-10-15(16(11-13)20-4)21-14-7-5-6-8-14/h9-12,14H,5-8H2,1-4H3. The van der Waals surface area contributed by atoms with Gasteiger partial charge in [-0.25, -0.2) is 0 Å². The molecule has 1 aliphatic carbocycles. The topological polar surface area (TPSA) is 38.8 Å². The molecule has 0 heterocycles. The molecule has 0 atom stereocenters. The lowest BCUT2D eigenvalue weighted by atomic mass is 10.1. The highest BCUT2D eigenvalue weighted by Gasteiger charge is 2.20. The molecule has 1 saturated carbocycles. The zero-order chi connectivity index (χ0) is 15.4. The van der Waals surface area contributed by atoms with Gasteiger partial charge in [0.2, 0.25) is 0 Å². The van der Waals surface area contributed by atoms with Crippen LogP contribution in [0, 0.1) is 0 Å². The van der Waals surface area contributed by atoms with E-state index in [1.54, 1.807) is 18.1 Å². The second kappa shape index (κ2) is 6.83. The molecule has 1 aromatic rings. The zero-order valence-electron chi connectivity index (χ0n) is 13.4. The monoisotopic (exact) mass is 291 g/mol. The van der Waals surface area contributed by atoms with Crippen LogP contribution in [0.2, 0.25) is 0 Å². The third-order valence-corrected chi connectivity index (χ3v) is 4.10. The number of carbonyl (C=O) groups excluding carboxylic acids is 1. The Balaban J connectivity index is 2.17. The number of methoxy groups -OCH3 is 1. The van der Waals surface area contributed by atoms with Gasteiger partial charge in [-0.15, -0.1) is 0 Å². The van der Waals surface area contributed by atoms with Crippen LogP contribution >= 0.6 is 0 Å². The number of hydrogen-bond acceptors (Lipinski definition) is 3. The maximum absolute atomic E-state index is 12.3. The molecule has 0 aliphatic heterocycles. The fourth-order valence-corrected chi connectivity index (χ4v) is 2.52. The van der Waals surface area contributed by atoms with Crippen LogP contribution in [0.4, 0.5) is 0 Å². The molecule has 0 N–H and O–H groups in total. The van der Waals surface area contributed by atoms with Crippen molar-refractivity contribution in [3.05, 3.63) is 23.8 Å². The SMILES string of the molecule is COc1cc(C(=O)N(C)C(C)C)ccc1OC1CCCC1. The second-order valence-corrected chi connectivity index (χ2v) is 5.90. The minimum Gasteiger partial charge on any atom is -0.493 e. The van der Waals surface area contributed by atoms with Crippen LogP contribution in [0.3, 0.4) is 0 Å². The molecule has 0 saturated heterocycles. The van der Waals surface area contributed by atoms with Gasteiger partial charge in [-0.2, -0.15) is 0 Å². The molecule has 21 heavy (non-hydrogen) atoms. The lowest BCUT2D eigenvalue weighted by Gasteiger charge is -2.22. The minimum atomic E-state index is -0.00397. The van der Waals surface area contributed by atoms with Gasteiger partial charge in [0.05, 0.1) is 13.2 Å². The van der Waals surface area contributed by atoms with Gasteiger partial charge in [0, 0.05) is 18.7 Å². The smallest absolute Gasteiger partial charge is 0.253 e. The summed E-state index contributed by atoms with van der Waals surface area (Å²) in [6, 6.07) is 5.59. The molecule has 4 nitrogen and oxygen atoms in total. The van der Waals surface area contributed by atoms with E-state index in [1.807, 2.05) is 33.0 Å². The molecule has 1 aromatic carbocycles. The maximum atomic E-state index is 12.3. The molecule has 4 heteroatoms. The Morgan fingerprint density at radius 3 is 2.48 bits per heavy atom. The largest absolute Gasteiger partial charge is 0.493 e. The average molecular weight is 291 g/mol. The van der Waals surface area contributed by atoms with E-state index >= 15 is 0 Å². The molecule has 1 aliphatic rings. The van der Waals surface area contributed by atoms with E-state index in [9.17, 15) is 4.79 Å². The number of ether oxygens (including phenoxy) is 2. The van der Waals surface area contributed by atoms with E-state index in [4.69, 9.17) is 9.47 Å². The van der Waals surface area contributed by atoms with Crippen molar-refractivity contribution in [1.29, 1.82) is 0 Å². The van der Waals surface area contributed by atoms with Gasteiger partial charge in [-0.1, -0.05) is 0 Å². The van der Waals surface area contributed by atoms with E-state index in [-0.39, 0.29) is 18.1 Å². The molecular formula is C17H25NO3. The predicted molar refractivity (Wildman–Crippen MR) is 83.1 cm³/mol. The Morgan fingerprint density at radius 1 is 1.24 bits per heavy atom. The summed E-state index contributed by atoms with van der Waals surface area (Å²) in [5.41, 5.74) is 0.627. The quantitative estimate of drug-likeness (QED) is 0.833. The van der Waals surface area contributed by atoms with Gasteiger partial charge < -0.3 is 14.4 Å². The van der Waals surface area contributed by atoms with Crippen molar-refractivity contribution in [1.82, 2.24) is 4.90 Å². The molecule has 1 fully saturated rings. The fourth-order valence-electron chi connectivity index (χ4n) is 2.52. The number of rotatable bonds is 5. The van der Waals surface area contributed by atoms with Gasteiger partial charge in [-0.3, -0.25) is 4.79 Å². The van der Waals surface area contributed by atoms with E-state index < -0.39 is 0 Å². The van der Waals surface area contributed by atoms with E-state index in [1.165, 1.54) is 12.8 Å². The molecular weight excluding hydrogens is 266 g/mol. The first-order valence-electron chi connectivity index (χ1n) is 7.64. The van der Waals surface area contributed by atoms with E-state index in [2.05, 4.69) is 0 Å². The number of benzene rings is 1. The Hall–Kier alpha value is -1.71. The van der Waals surface area contributed by atoms with Crippen LogP contribution in [0.25, 0.3) is 0 Å². The third-order valence-electron chi connectivity index (χ3n) is 4.10. The van der Waals surface area contributed by atoms with Gasteiger partial charge in [0.25, 0.3) is 5.91 Å². The summed E-state index contributed by atoms with van der Waals surface area (Å²) < 4.78 is 11.4. The van der Waals surface area contributed by atoms with Crippen molar-refractivity contribution in [3.63, 3.8) is 0 Å². The van der Waals surface area contributed by atoms with Crippen LogP contribution < -0.4 is 9.47 Å². The minimum absolute atomic E-state index is 0.00397. The van der Waals surface area contributed by atoms with Crippen molar-refractivity contribution >= 4 is 5.91 Å². The van der Waals surface area contributed by atoms with Crippen LogP contribution in [0.15, 0.2) is 18.2 Å². The summed E-state index contributed by atoms with van der Waals surface area (Å²) in [6.07, 6.45) is 4.92. The summed E-state index contributed by atoms with van der Waals surface area (Å²) in [5.74, 6) is 1.36. The summed E-state index contributed by atoms with van der Waals surface area (Å²) >= 11 is 0. The third kappa shape index (κ3) is 3.69. The van der Waals surface area contributed by atoms with Gasteiger partial charge in [0.15, 0.2) is 11.5 Å². The Morgan fingerprint density at radius 2 is 1.90 bits per heavy atom. The number of carbonyl (C=O) groups is 1. The number of hydrogen-bond donors (Lipinski definition) is 0. The van der Waals surface area contributed by atoms with Crippen LogP contribution in [-0.2, 0) is 0 Å². The molecule has 0 bridgehead atoms. The van der Waals surface area contributed by atoms with Crippen LogP contribution in [0.1, 0.15) is 49.9 Å². The van der Waals surface area contributed by atoms with Crippen molar-refractivity contribution in [2.45, 2.75) is 51.7 Å². The Kier molecular flexibility index (Phi) is 5.10. The summed E-state index contributed by atoms with van der Waals surface area (Å²) in [6.45, 7) is 3.99. The first kappa shape index (κ1) is 15.7. The highest BCUT2D eigenvalue weighted by Crippen LogP contribution is 2.32. The van der Waals surface area contributed by atoms with Gasteiger partial charge >= 0.3 is 0 Å². The van der Waals surface area contributed by atoms with Crippen molar-refractivity contribution in [3.8, 4) is 11.5 Å². The number of nitrogens with zero attached hydrogens (tertiary/aromatic N) is 1. The summed E-state index contributed by atoms with van der Waals surface area (Å²) in [5, 5.41) is 0. The van der Waals surface area contributed by atoms with Gasteiger partial charge in [-0.05, 0) is 57.7 Å². The van der Waals surface area contributed by atoms with Crippen LogP contribution in [0.5, 0.6) is 11.5 Å². The molecule has 2 rings (SSSR count). The second-order valence-electron chi connectivity index (χ2n) is 5.90. The molecule has 0 unspecified atom stereocenters. The van der Waals surface area contributed by atoms with Crippen molar-refractivity contribution in [2.24, 2.45) is 0 Å². The molecule has 116 valence electrons. The lowest BCUT2D eigenvalue weighted by Crippen LogP contribution is -2.32. The van der Waals surface area contributed by atoms with Crippen molar-refractivity contribution < 1.29 is 14.3 Å². The highest BCUT2D eigenvalue weighted by molar-refractivity contribution is 5.94. The highest BCUT2D eigenvalue weighted by atomic mass is 16.5. The Bertz CT molecular complexity index is 493. The fraction of sp³-hybridized carbons (Fsp3) is 0.588. The molecule has 0 spiro atoms. The van der Waals surface area contributed by atoms with E-state index in [0.29, 0.717) is 11.3 Å². The average Bonchev–Trinajstić information content (AvgIpc) is 2.99. The summed E-state index contributed by atoms with van der Waals surface area (Å²) in [4.78, 5) is 14.1. The van der Waals surface area contributed by atoms with Crippen molar-refractivity contribution in [2.75, 3.05) is 14.2 Å². The number of amides is 1. The molecule has 0 aromatic heterocycles.